The summed E-state index contributed by atoms with van der Waals surface area (Å²) >= 11 is 6.29. The topological polar surface area (TPSA) is 59.6 Å². The van der Waals surface area contributed by atoms with E-state index in [1.807, 2.05) is 25.1 Å². The summed E-state index contributed by atoms with van der Waals surface area (Å²) in [6.07, 6.45) is 3.18. The number of hydrogen-bond donors (Lipinski definition) is 2. The molecular formula is C16H24ClN3O. The number of nitrogens with two attached hydrogens (primary N) is 1. The molecule has 1 aromatic rings. The van der Waals surface area contributed by atoms with Crippen molar-refractivity contribution in [1.82, 2.24) is 5.32 Å². The fourth-order valence-corrected chi connectivity index (χ4v) is 2.72. The highest BCUT2D eigenvalue weighted by molar-refractivity contribution is 6.31. The van der Waals surface area contributed by atoms with Gasteiger partial charge in [0.25, 0.3) is 0 Å². The SMILES string of the molecule is CCOCCCNC(N)=NCC1(c2ccccc2Cl)CC1. The predicted molar refractivity (Wildman–Crippen MR) is 88.0 cm³/mol. The van der Waals surface area contributed by atoms with Gasteiger partial charge < -0.3 is 15.8 Å². The first-order valence-electron chi connectivity index (χ1n) is 7.54. The first-order valence-corrected chi connectivity index (χ1v) is 7.92. The number of aliphatic imine (C=N–C) groups is 1. The lowest BCUT2D eigenvalue weighted by atomic mass is 9.96. The third kappa shape index (κ3) is 4.61. The lowest BCUT2D eigenvalue weighted by molar-refractivity contribution is 0.145. The Hall–Kier alpha value is -1.26. The zero-order valence-corrected chi connectivity index (χ0v) is 13.3. The average Bonchev–Trinajstić information content (AvgIpc) is 3.26. The van der Waals surface area contributed by atoms with Gasteiger partial charge in [0.05, 0.1) is 6.54 Å². The third-order valence-electron chi connectivity index (χ3n) is 3.83. The molecular weight excluding hydrogens is 286 g/mol. The Morgan fingerprint density at radius 3 is 2.86 bits per heavy atom. The molecule has 2 rings (SSSR count). The smallest absolute Gasteiger partial charge is 0.188 e. The van der Waals surface area contributed by atoms with Crippen molar-refractivity contribution in [3.63, 3.8) is 0 Å². The molecule has 1 aliphatic rings. The van der Waals surface area contributed by atoms with Gasteiger partial charge in [-0.3, -0.25) is 4.99 Å². The van der Waals surface area contributed by atoms with Crippen LogP contribution in [-0.2, 0) is 10.2 Å². The van der Waals surface area contributed by atoms with E-state index >= 15 is 0 Å². The highest BCUT2D eigenvalue weighted by atomic mass is 35.5. The summed E-state index contributed by atoms with van der Waals surface area (Å²) in [6.45, 7) is 4.98. The van der Waals surface area contributed by atoms with E-state index in [0.717, 1.165) is 44.0 Å². The zero-order valence-electron chi connectivity index (χ0n) is 12.6. The van der Waals surface area contributed by atoms with E-state index in [9.17, 15) is 0 Å². The van der Waals surface area contributed by atoms with Crippen LogP contribution in [0.1, 0.15) is 31.7 Å². The maximum Gasteiger partial charge on any atom is 0.188 e. The van der Waals surface area contributed by atoms with Crippen LogP contribution in [0.15, 0.2) is 29.3 Å². The van der Waals surface area contributed by atoms with Crippen molar-refractivity contribution in [2.75, 3.05) is 26.3 Å². The van der Waals surface area contributed by atoms with Crippen LogP contribution in [0.2, 0.25) is 5.02 Å². The third-order valence-corrected chi connectivity index (χ3v) is 4.16. The predicted octanol–water partition coefficient (Wildman–Crippen LogP) is 2.70. The molecule has 5 heteroatoms. The summed E-state index contributed by atoms with van der Waals surface area (Å²) in [5, 5.41) is 3.95. The molecule has 21 heavy (non-hydrogen) atoms. The number of halogens is 1. The maximum atomic E-state index is 6.29. The Labute approximate surface area is 131 Å². The summed E-state index contributed by atoms with van der Waals surface area (Å²) < 4.78 is 5.28. The minimum atomic E-state index is 0.0932. The molecule has 0 atom stereocenters. The van der Waals surface area contributed by atoms with Crippen molar-refractivity contribution >= 4 is 17.6 Å². The molecule has 0 bridgehead atoms. The molecule has 0 aromatic heterocycles. The van der Waals surface area contributed by atoms with Crippen LogP contribution in [0.5, 0.6) is 0 Å². The summed E-state index contributed by atoms with van der Waals surface area (Å²) in [4.78, 5) is 4.48. The van der Waals surface area contributed by atoms with Crippen LogP contribution >= 0.6 is 11.6 Å². The second kappa shape index (κ2) is 7.66. The Morgan fingerprint density at radius 2 is 2.19 bits per heavy atom. The first-order chi connectivity index (χ1) is 10.2. The summed E-state index contributed by atoms with van der Waals surface area (Å²) in [5.74, 6) is 0.504. The van der Waals surface area contributed by atoms with Crippen molar-refractivity contribution in [3.8, 4) is 0 Å². The lowest BCUT2D eigenvalue weighted by Crippen LogP contribution is -2.33. The highest BCUT2D eigenvalue weighted by Gasteiger charge is 2.45. The first kappa shape index (κ1) is 16.1. The van der Waals surface area contributed by atoms with Crippen LogP contribution in [0.25, 0.3) is 0 Å². The quantitative estimate of drug-likeness (QED) is 0.441. The van der Waals surface area contributed by atoms with E-state index in [1.165, 1.54) is 5.56 Å². The summed E-state index contributed by atoms with van der Waals surface area (Å²) in [7, 11) is 0. The monoisotopic (exact) mass is 309 g/mol. The Bertz CT molecular complexity index is 486. The van der Waals surface area contributed by atoms with Crippen molar-refractivity contribution in [1.29, 1.82) is 0 Å². The molecule has 0 unspecified atom stereocenters. The number of ether oxygens (including phenoxy) is 1. The lowest BCUT2D eigenvalue weighted by Gasteiger charge is -2.15. The molecule has 0 amide bonds. The number of benzene rings is 1. The second-order valence-electron chi connectivity index (χ2n) is 5.44. The average molecular weight is 310 g/mol. The number of rotatable bonds is 8. The van der Waals surface area contributed by atoms with E-state index in [1.54, 1.807) is 0 Å². The molecule has 1 fully saturated rings. The number of nitrogens with one attached hydrogen (secondary N) is 1. The van der Waals surface area contributed by atoms with Crippen molar-refractivity contribution in [3.05, 3.63) is 34.9 Å². The van der Waals surface area contributed by atoms with Gasteiger partial charge in [0.15, 0.2) is 5.96 Å². The summed E-state index contributed by atoms with van der Waals surface area (Å²) in [6, 6.07) is 8.02. The van der Waals surface area contributed by atoms with Gasteiger partial charge >= 0.3 is 0 Å². The minimum Gasteiger partial charge on any atom is -0.382 e. The molecule has 0 heterocycles. The molecule has 0 spiro atoms. The molecule has 1 aromatic carbocycles. The minimum absolute atomic E-state index is 0.0932. The van der Waals surface area contributed by atoms with Gasteiger partial charge in [-0.05, 0) is 37.8 Å². The van der Waals surface area contributed by atoms with Gasteiger partial charge in [-0.15, -0.1) is 0 Å². The largest absolute Gasteiger partial charge is 0.382 e. The van der Waals surface area contributed by atoms with Crippen LogP contribution in [0.3, 0.4) is 0 Å². The van der Waals surface area contributed by atoms with Crippen molar-refractivity contribution in [2.45, 2.75) is 31.6 Å². The molecule has 1 saturated carbocycles. The van der Waals surface area contributed by atoms with Gasteiger partial charge in [-0.25, -0.2) is 0 Å². The highest BCUT2D eigenvalue weighted by Crippen LogP contribution is 2.50. The van der Waals surface area contributed by atoms with Gasteiger partial charge in [-0.2, -0.15) is 0 Å². The van der Waals surface area contributed by atoms with Gasteiger partial charge in [0.2, 0.25) is 0 Å². The standard InChI is InChI=1S/C16H24ClN3O/c1-2-21-11-5-10-19-15(18)20-12-16(8-9-16)13-6-3-4-7-14(13)17/h3-4,6-7H,2,5,8-12H2,1H3,(H3,18,19,20). The van der Waals surface area contributed by atoms with Gasteiger partial charge in [-0.1, -0.05) is 29.8 Å². The molecule has 0 radical (unpaired) electrons. The normalized spacial score (nSPS) is 16.8. The molecule has 3 N–H and O–H groups in total. The van der Waals surface area contributed by atoms with Gasteiger partial charge in [0, 0.05) is 30.2 Å². The Kier molecular flexibility index (Phi) is 5.88. The fourth-order valence-electron chi connectivity index (χ4n) is 2.38. The van der Waals surface area contributed by atoms with E-state index in [4.69, 9.17) is 22.1 Å². The molecule has 0 saturated heterocycles. The van der Waals surface area contributed by atoms with Gasteiger partial charge in [0.1, 0.15) is 0 Å². The van der Waals surface area contributed by atoms with Crippen LogP contribution in [0, 0.1) is 0 Å². The number of guanidine groups is 1. The van der Waals surface area contributed by atoms with E-state index in [-0.39, 0.29) is 5.41 Å². The Morgan fingerprint density at radius 1 is 1.43 bits per heavy atom. The Balaban J connectivity index is 1.81. The number of nitrogens with zero attached hydrogens (tertiary/aromatic N) is 1. The molecule has 4 nitrogen and oxygen atoms in total. The zero-order chi connectivity index (χ0) is 15.1. The van der Waals surface area contributed by atoms with Crippen molar-refractivity contribution < 1.29 is 4.74 Å². The molecule has 1 aliphatic carbocycles. The molecule has 116 valence electrons. The summed E-state index contributed by atoms with van der Waals surface area (Å²) in [5.41, 5.74) is 7.19. The molecule has 0 aliphatic heterocycles. The van der Waals surface area contributed by atoms with E-state index < -0.39 is 0 Å². The fraction of sp³-hybridized carbons (Fsp3) is 0.562. The van der Waals surface area contributed by atoms with E-state index in [0.29, 0.717) is 12.5 Å². The van der Waals surface area contributed by atoms with Crippen molar-refractivity contribution in [2.24, 2.45) is 10.7 Å². The van der Waals surface area contributed by atoms with E-state index in [2.05, 4.69) is 16.4 Å². The van der Waals surface area contributed by atoms with Crippen LogP contribution in [-0.4, -0.2) is 32.3 Å². The number of hydrogen-bond acceptors (Lipinski definition) is 2. The van der Waals surface area contributed by atoms with Crippen LogP contribution in [0.4, 0.5) is 0 Å². The second-order valence-corrected chi connectivity index (χ2v) is 5.85. The maximum absolute atomic E-state index is 6.29. The van der Waals surface area contributed by atoms with Crippen LogP contribution < -0.4 is 11.1 Å².